The Kier molecular flexibility index (Phi) is 4.02. The van der Waals surface area contributed by atoms with Crippen molar-refractivity contribution in [3.05, 3.63) is 35.4 Å². The third-order valence-corrected chi connectivity index (χ3v) is 3.64. The van der Waals surface area contributed by atoms with Gasteiger partial charge in [0, 0.05) is 6.54 Å². The second-order valence-electron chi connectivity index (χ2n) is 5.24. The van der Waals surface area contributed by atoms with Gasteiger partial charge in [0.1, 0.15) is 0 Å². The van der Waals surface area contributed by atoms with E-state index < -0.39 is 6.04 Å². The maximum atomic E-state index is 12.1. The van der Waals surface area contributed by atoms with Crippen LogP contribution in [0.4, 0.5) is 0 Å². The first-order valence-corrected chi connectivity index (χ1v) is 6.72. The Hall–Kier alpha value is -1.35. The van der Waals surface area contributed by atoms with Crippen molar-refractivity contribution in [2.24, 2.45) is 5.73 Å². The molecule has 1 unspecified atom stereocenters. The predicted molar refractivity (Wildman–Crippen MR) is 73.1 cm³/mol. The van der Waals surface area contributed by atoms with Crippen LogP contribution in [0.15, 0.2) is 24.3 Å². The number of carbonyl (C=O) groups is 1. The first-order valence-electron chi connectivity index (χ1n) is 6.72. The molecule has 1 saturated heterocycles. The van der Waals surface area contributed by atoms with Crippen molar-refractivity contribution in [2.45, 2.75) is 45.2 Å². The van der Waals surface area contributed by atoms with Crippen LogP contribution in [0.2, 0.25) is 0 Å². The average molecular weight is 246 g/mol. The fourth-order valence-corrected chi connectivity index (χ4v) is 2.59. The summed E-state index contributed by atoms with van der Waals surface area (Å²) in [5.41, 5.74) is 8.22. The summed E-state index contributed by atoms with van der Waals surface area (Å²) < 4.78 is 0. The predicted octanol–water partition coefficient (Wildman–Crippen LogP) is 2.40. The summed E-state index contributed by atoms with van der Waals surface area (Å²) in [6.45, 7) is 4.68. The van der Waals surface area contributed by atoms with Gasteiger partial charge >= 0.3 is 0 Å². The van der Waals surface area contributed by atoms with E-state index in [1.807, 2.05) is 4.90 Å². The highest BCUT2D eigenvalue weighted by molar-refractivity contribution is 5.81. The highest BCUT2D eigenvalue weighted by atomic mass is 16.2. The zero-order valence-electron chi connectivity index (χ0n) is 11.2. The first-order chi connectivity index (χ1) is 8.59. The number of hydrogen-bond donors (Lipinski definition) is 1. The molecule has 1 fully saturated rings. The van der Waals surface area contributed by atoms with Crippen LogP contribution in [0.25, 0.3) is 0 Å². The fourth-order valence-electron chi connectivity index (χ4n) is 2.59. The van der Waals surface area contributed by atoms with E-state index >= 15 is 0 Å². The average Bonchev–Trinajstić information content (AvgIpc) is 2.39. The van der Waals surface area contributed by atoms with E-state index in [2.05, 4.69) is 31.2 Å². The van der Waals surface area contributed by atoms with Crippen LogP contribution < -0.4 is 5.73 Å². The molecule has 3 heteroatoms. The maximum Gasteiger partial charge on any atom is 0.239 e. The van der Waals surface area contributed by atoms with Crippen molar-refractivity contribution in [1.82, 2.24) is 4.90 Å². The molecular formula is C15H22N2O. The van der Waals surface area contributed by atoms with E-state index in [9.17, 15) is 4.79 Å². The molecule has 2 N–H and O–H groups in total. The van der Waals surface area contributed by atoms with Crippen molar-refractivity contribution >= 4 is 5.91 Å². The number of amides is 1. The maximum absolute atomic E-state index is 12.1. The number of aryl methyl sites for hydroxylation is 1. The second-order valence-corrected chi connectivity index (χ2v) is 5.24. The second kappa shape index (κ2) is 5.53. The molecule has 1 aliphatic rings. The molecule has 0 aromatic heterocycles. The summed E-state index contributed by atoms with van der Waals surface area (Å²) in [6.07, 6.45) is 3.31. The number of piperidine rings is 1. The molecule has 3 nitrogen and oxygen atoms in total. The Morgan fingerprint density at radius 3 is 2.61 bits per heavy atom. The van der Waals surface area contributed by atoms with Crippen molar-refractivity contribution < 1.29 is 4.79 Å². The van der Waals surface area contributed by atoms with Crippen LogP contribution in [0.3, 0.4) is 0 Å². The lowest BCUT2D eigenvalue weighted by molar-refractivity contribution is -0.136. The van der Waals surface area contributed by atoms with Gasteiger partial charge in [-0.05, 0) is 38.7 Å². The largest absolute Gasteiger partial charge is 0.334 e. The standard InChI is InChI=1S/C15H22N2O/c1-11-6-8-13(9-7-11)14-5-3-4-10-17(14)15(18)12(2)16/h6-9,12,14H,3-5,10,16H2,1-2H3/t12-,14?/m1/s1. The van der Waals surface area contributed by atoms with Gasteiger partial charge in [0.05, 0.1) is 12.1 Å². The molecule has 98 valence electrons. The van der Waals surface area contributed by atoms with E-state index in [0.29, 0.717) is 0 Å². The minimum Gasteiger partial charge on any atom is -0.334 e. The van der Waals surface area contributed by atoms with Gasteiger partial charge in [-0.15, -0.1) is 0 Å². The van der Waals surface area contributed by atoms with Crippen LogP contribution in [0.1, 0.15) is 43.4 Å². The molecule has 1 aromatic carbocycles. The van der Waals surface area contributed by atoms with Crippen LogP contribution >= 0.6 is 0 Å². The van der Waals surface area contributed by atoms with Crippen LogP contribution in [-0.2, 0) is 4.79 Å². The molecule has 0 spiro atoms. The molecule has 1 aliphatic heterocycles. The molecule has 0 radical (unpaired) electrons. The van der Waals surface area contributed by atoms with E-state index in [1.54, 1.807) is 6.92 Å². The summed E-state index contributed by atoms with van der Waals surface area (Å²) >= 11 is 0. The van der Waals surface area contributed by atoms with E-state index in [4.69, 9.17) is 5.73 Å². The van der Waals surface area contributed by atoms with Crippen molar-refractivity contribution in [3.8, 4) is 0 Å². The first kappa shape index (κ1) is 13.1. The van der Waals surface area contributed by atoms with E-state index in [0.717, 1.165) is 19.4 Å². The van der Waals surface area contributed by atoms with Gasteiger partial charge in [-0.1, -0.05) is 29.8 Å². The van der Waals surface area contributed by atoms with Gasteiger partial charge in [0.15, 0.2) is 0 Å². The Labute approximate surface area is 109 Å². The number of rotatable bonds is 2. The number of carbonyl (C=O) groups excluding carboxylic acids is 1. The molecule has 1 heterocycles. The lowest BCUT2D eigenvalue weighted by atomic mass is 9.94. The minimum atomic E-state index is -0.406. The van der Waals surface area contributed by atoms with E-state index in [1.165, 1.54) is 17.5 Å². The summed E-state index contributed by atoms with van der Waals surface area (Å²) in [7, 11) is 0. The zero-order chi connectivity index (χ0) is 13.1. The quantitative estimate of drug-likeness (QED) is 0.871. The molecule has 18 heavy (non-hydrogen) atoms. The molecule has 1 aromatic rings. The Morgan fingerprint density at radius 1 is 1.33 bits per heavy atom. The highest BCUT2D eigenvalue weighted by Gasteiger charge is 2.29. The number of nitrogens with two attached hydrogens (primary N) is 1. The molecule has 0 saturated carbocycles. The molecule has 2 rings (SSSR count). The van der Waals surface area contributed by atoms with Crippen molar-refractivity contribution in [1.29, 1.82) is 0 Å². The zero-order valence-corrected chi connectivity index (χ0v) is 11.2. The lowest BCUT2D eigenvalue weighted by Crippen LogP contribution is -2.46. The van der Waals surface area contributed by atoms with Gasteiger partial charge in [-0.2, -0.15) is 0 Å². The SMILES string of the molecule is Cc1ccc(C2CCCCN2C(=O)[C@@H](C)N)cc1. The van der Waals surface area contributed by atoms with Crippen molar-refractivity contribution in [2.75, 3.05) is 6.54 Å². The smallest absolute Gasteiger partial charge is 0.239 e. The van der Waals surface area contributed by atoms with Crippen LogP contribution in [0, 0.1) is 6.92 Å². The third-order valence-electron chi connectivity index (χ3n) is 3.64. The Bertz CT molecular complexity index is 411. The Morgan fingerprint density at radius 2 is 2.00 bits per heavy atom. The number of hydrogen-bond acceptors (Lipinski definition) is 2. The molecule has 2 atom stereocenters. The van der Waals surface area contributed by atoms with Crippen molar-refractivity contribution in [3.63, 3.8) is 0 Å². The summed E-state index contributed by atoms with van der Waals surface area (Å²) in [6, 6.07) is 8.28. The monoisotopic (exact) mass is 246 g/mol. The fraction of sp³-hybridized carbons (Fsp3) is 0.533. The van der Waals surface area contributed by atoms with Gasteiger partial charge < -0.3 is 10.6 Å². The molecular weight excluding hydrogens is 224 g/mol. The van der Waals surface area contributed by atoms with Gasteiger partial charge in [-0.25, -0.2) is 0 Å². The van der Waals surface area contributed by atoms with Crippen LogP contribution in [-0.4, -0.2) is 23.4 Å². The van der Waals surface area contributed by atoms with Gasteiger partial charge in [0.25, 0.3) is 0 Å². The minimum absolute atomic E-state index is 0.0697. The number of nitrogens with zero attached hydrogens (tertiary/aromatic N) is 1. The summed E-state index contributed by atoms with van der Waals surface area (Å²) in [5, 5.41) is 0. The molecule has 0 aliphatic carbocycles. The van der Waals surface area contributed by atoms with Gasteiger partial charge in [0.2, 0.25) is 5.91 Å². The topological polar surface area (TPSA) is 46.3 Å². The highest BCUT2D eigenvalue weighted by Crippen LogP contribution is 2.31. The molecule has 1 amide bonds. The number of benzene rings is 1. The third kappa shape index (κ3) is 2.72. The summed E-state index contributed by atoms with van der Waals surface area (Å²) in [5.74, 6) is 0.0697. The lowest BCUT2D eigenvalue weighted by Gasteiger charge is -2.37. The summed E-state index contributed by atoms with van der Waals surface area (Å²) in [4.78, 5) is 14.1. The molecule has 0 bridgehead atoms. The normalized spacial score (nSPS) is 21.7. The van der Waals surface area contributed by atoms with Gasteiger partial charge in [-0.3, -0.25) is 4.79 Å². The van der Waals surface area contributed by atoms with Crippen LogP contribution in [0.5, 0.6) is 0 Å². The van der Waals surface area contributed by atoms with E-state index in [-0.39, 0.29) is 11.9 Å². The number of likely N-dealkylation sites (tertiary alicyclic amines) is 1. The Balaban J connectivity index is 2.22.